The highest BCUT2D eigenvalue weighted by atomic mass is 16.3. The van der Waals surface area contributed by atoms with E-state index < -0.39 is 0 Å². The highest BCUT2D eigenvalue weighted by Crippen LogP contribution is 2.21. The van der Waals surface area contributed by atoms with Crippen molar-refractivity contribution in [2.24, 2.45) is 0 Å². The van der Waals surface area contributed by atoms with Crippen LogP contribution in [0.25, 0.3) is 10.9 Å². The maximum absolute atomic E-state index is 11.3. The van der Waals surface area contributed by atoms with Gasteiger partial charge in [-0.2, -0.15) is 0 Å². The van der Waals surface area contributed by atoms with Crippen molar-refractivity contribution < 1.29 is 9.90 Å². The average Bonchev–Trinajstić information content (AvgIpc) is 2.16. The first kappa shape index (κ1) is 8.69. The van der Waals surface area contributed by atoms with Crippen molar-refractivity contribution in [1.82, 2.24) is 4.98 Å². The van der Waals surface area contributed by atoms with Crippen LogP contribution in [0.4, 0.5) is 0 Å². The molecule has 0 saturated heterocycles. The number of carbonyl (C=O) groups excluding carboxylic acids is 1. The molecule has 0 radical (unpaired) electrons. The molecule has 1 heterocycles. The highest BCUT2D eigenvalue weighted by Gasteiger charge is 2.07. The van der Waals surface area contributed by atoms with Crippen LogP contribution in [-0.2, 0) is 0 Å². The van der Waals surface area contributed by atoms with E-state index in [2.05, 4.69) is 4.98 Å². The molecule has 0 bridgehead atoms. The first-order chi connectivity index (χ1) is 6.68. The van der Waals surface area contributed by atoms with Gasteiger partial charge in [0.2, 0.25) is 5.88 Å². The lowest BCUT2D eigenvalue weighted by molar-refractivity contribution is 0.101. The zero-order valence-electron chi connectivity index (χ0n) is 7.69. The van der Waals surface area contributed by atoms with Gasteiger partial charge in [-0.1, -0.05) is 18.2 Å². The highest BCUT2D eigenvalue weighted by molar-refractivity contribution is 6.06. The minimum atomic E-state index is -0.117. The van der Waals surface area contributed by atoms with Crippen LogP contribution in [0.3, 0.4) is 0 Å². The summed E-state index contributed by atoms with van der Waals surface area (Å²) in [5.41, 5.74) is 1.14. The summed E-state index contributed by atoms with van der Waals surface area (Å²) in [4.78, 5) is 15.2. The Hall–Kier alpha value is -1.90. The number of para-hydroxylation sites is 1. The van der Waals surface area contributed by atoms with Crippen molar-refractivity contribution in [3.8, 4) is 5.88 Å². The molecule has 0 aliphatic rings. The van der Waals surface area contributed by atoms with E-state index in [0.29, 0.717) is 11.1 Å². The third-order valence-electron chi connectivity index (χ3n) is 2.08. The number of aromatic nitrogens is 1. The second kappa shape index (κ2) is 3.10. The largest absolute Gasteiger partial charge is 0.493 e. The summed E-state index contributed by atoms with van der Waals surface area (Å²) in [5.74, 6) is -0.187. The Bertz CT molecular complexity index is 506. The second-order valence-electron chi connectivity index (χ2n) is 3.10. The van der Waals surface area contributed by atoms with Crippen LogP contribution >= 0.6 is 0 Å². The number of fused-ring (bicyclic) bond motifs is 1. The standard InChI is InChI=1S/C11H9NO2/c1-7(13)9-6-11(14)12-10-5-3-2-4-8(9)10/h2-6H,1H3,(H,12,14). The van der Waals surface area contributed by atoms with Gasteiger partial charge in [0.15, 0.2) is 5.78 Å². The first-order valence-corrected chi connectivity index (χ1v) is 4.28. The fourth-order valence-electron chi connectivity index (χ4n) is 1.45. The van der Waals surface area contributed by atoms with Crippen LogP contribution in [0.5, 0.6) is 5.88 Å². The number of pyridine rings is 1. The quantitative estimate of drug-likeness (QED) is 0.696. The lowest BCUT2D eigenvalue weighted by Crippen LogP contribution is -1.94. The van der Waals surface area contributed by atoms with Crippen molar-refractivity contribution in [2.75, 3.05) is 0 Å². The van der Waals surface area contributed by atoms with Gasteiger partial charge in [0.25, 0.3) is 0 Å². The van der Waals surface area contributed by atoms with Gasteiger partial charge in [-0.05, 0) is 13.0 Å². The number of hydrogen-bond acceptors (Lipinski definition) is 3. The van der Waals surface area contributed by atoms with Crippen LogP contribution in [0.1, 0.15) is 17.3 Å². The summed E-state index contributed by atoms with van der Waals surface area (Å²) in [5, 5.41) is 10.1. The lowest BCUT2D eigenvalue weighted by Gasteiger charge is -2.02. The molecule has 0 aliphatic carbocycles. The van der Waals surface area contributed by atoms with Gasteiger partial charge in [0.05, 0.1) is 5.52 Å². The monoisotopic (exact) mass is 187 g/mol. The Morgan fingerprint density at radius 2 is 2.07 bits per heavy atom. The molecule has 0 atom stereocenters. The molecular weight excluding hydrogens is 178 g/mol. The van der Waals surface area contributed by atoms with E-state index in [-0.39, 0.29) is 11.7 Å². The third kappa shape index (κ3) is 1.33. The van der Waals surface area contributed by atoms with Gasteiger partial charge in [0.1, 0.15) is 0 Å². The van der Waals surface area contributed by atoms with Crippen molar-refractivity contribution in [3.05, 3.63) is 35.9 Å². The molecule has 3 heteroatoms. The summed E-state index contributed by atoms with van der Waals surface area (Å²) in [6.45, 7) is 1.47. The van der Waals surface area contributed by atoms with E-state index in [0.717, 1.165) is 5.39 Å². The number of Topliss-reactive ketones (excluding diaryl/α,β-unsaturated/α-hetero) is 1. The number of nitrogens with zero attached hydrogens (tertiary/aromatic N) is 1. The summed E-state index contributed by atoms with van der Waals surface area (Å²) in [6, 6.07) is 8.64. The smallest absolute Gasteiger partial charge is 0.212 e. The Morgan fingerprint density at radius 3 is 2.79 bits per heavy atom. The van der Waals surface area contributed by atoms with Crippen molar-refractivity contribution in [3.63, 3.8) is 0 Å². The zero-order valence-corrected chi connectivity index (χ0v) is 7.69. The third-order valence-corrected chi connectivity index (χ3v) is 2.08. The van der Waals surface area contributed by atoms with E-state index in [1.807, 2.05) is 18.2 Å². The number of hydrogen-bond donors (Lipinski definition) is 1. The Morgan fingerprint density at radius 1 is 1.36 bits per heavy atom. The molecule has 0 spiro atoms. The van der Waals surface area contributed by atoms with Gasteiger partial charge in [-0.15, -0.1) is 0 Å². The number of benzene rings is 1. The number of rotatable bonds is 1. The first-order valence-electron chi connectivity index (χ1n) is 4.28. The molecule has 1 aromatic heterocycles. The molecule has 70 valence electrons. The van der Waals surface area contributed by atoms with Crippen LogP contribution < -0.4 is 0 Å². The zero-order chi connectivity index (χ0) is 10.1. The number of ketones is 1. The maximum atomic E-state index is 11.3. The predicted molar refractivity (Wildman–Crippen MR) is 53.4 cm³/mol. The molecule has 3 nitrogen and oxygen atoms in total. The van der Waals surface area contributed by atoms with Gasteiger partial charge in [-0.25, -0.2) is 4.98 Å². The van der Waals surface area contributed by atoms with Gasteiger partial charge < -0.3 is 5.11 Å². The molecule has 2 rings (SSSR count). The minimum absolute atomic E-state index is 0.0705. The Balaban J connectivity index is 2.87. The van der Waals surface area contributed by atoms with Crippen molar-refractivity contribution >= 4 is 16.7 Å². The molecule has 1 aromatic carbocycles. The van der Waals surface area contributed by atoms with E-state index in [4.69, 9.17) is 0 Å². The summed E-state index contributed by atoms with van der Waals surface area (Å²) < 4.78 is 0. The normalized spacial score (nSPS) is 10.4. The van der Waals surface area contributed by atoms with Gasteiger partial charge in [-0.3, -0.25) is 4.79 Å². The average molecular weight is 187 g/mol. The molecule has 0 aliphatic heterocycles. The SMILES string of the molecule is CC(=O)c1cc(O)nc2ccccc12. The molecule has 0 amide bonds. The van der Waals surface area contributed by atoms with Gasteiger partial charge >= 0.3 is 0 Å². The van der Waals surface area contributed by atoms with Crippen molar-refractivity contribution in [2.45, 2.75) is 6.92 Å². The predicted octanol–water partition coefficient (Wildman–Crippen LogP) is 2.14. The number of aromatic hydroxyl groups is 1. The van der Waals surface area contributed by atoms with E-state index in [1.165, 1.54) is 13.0 Å². The fraction of sp³-hybridized carbons (Fsp3) is 0.0909. The topological polar surface area (TPSA) is 50.2 Å². The summed E-state index contributed by atoms with van der Waals surface area (Å²) in [7, 11) is 0. The molecule has 0 unspecified atom stereocenters. The van der Waals surface area contributed by atoms with Crippen LogP contribution in [0.2, 0.25) is 0 Å². The molecule has 0 fully saturated rings. The molecule has 14 heavy (non-hydrogen) atoms. The minimum Gasteiger partial charge on any atom is -0.493 e. The maximum Gasteiger partial charge on any atom is 0.212 e. The van der Waals surface area contributed by atoms with E-state index >= 15 is 0 Å². The number of carbonyl (C=O) groups is 1. The van der Waals surface area contributed by atoms with Crippen molar-refractivity contribution in [1.29, 1.82) is 0 Å². The van der Waals surface area contributed by atoms with Crippen LogP contribution in [-0.4, -0.2) is 15.9 Å². The van der Waals surface area contributed by atoms with E-state index in [1.54, 1.807) is 6.07 Å². The molecule has 2 aromatic rings. The molecule has 0 saturated carbocycles. The Labute approximate surface area is 81.0 Å². The molecule has 1 N–H and O–H groups in total. The van der Waals surface area contributed by atoms with Crippen LogP contribution in [0.15, 0.2) is 30.3 Å². The Kier molecular flexibility index (Phi) is 1.93. The summed E-state index contributed by atoms with van der Waals surface area (Å²) >= 11 is 0. The summed E-state index contributed by atoms with van der Waals surface area (Å²) in [6.07, 6.45) is 0. The second-order valence-corrected chi connectivity index (χ2v) is 3.10. The fourth-order valence-corrected chi connectivity index (χ4v) is 1.45. The van der Waals surface area contributed by atoms with Gasteiger partial charge in [0, 0.05) is 17.0 Å². The van der Waals surface area contributed by atoms with E-state index in [9.17, 15) is 9.90 Å². The lowest BCUT2D eigenvalue weighted by atomic mass is 10.1. The van der Waals surface area contributed by atoms with Crippen LogP contribution in [0, 0.1) is 0 Å². The molecular formula is C11H9NO2.